The van der Waals surface area contributed by atoms with Gasteiger partial charge in [0.1, 0.15) is 0 Å². The average molecular weight is 927 g/mol. The summed E-state index contributed by atoms with van der Waals surface area (Å²) in [6, 6.07) is -38.6. The van der Waals surface area contributed by atoms with Crippen molar-refractivity contribution in [1.29, 1.82) is 0 Å². The SMILES string of the molecule is [2H]c1c([2H])c([2H])[c]([Ge]2([c]3c([2H])c([2H])c([2H])c([2H])c3[2H])[c]3c([2H])c([2H])c([2H])c([2H])c3B3c4c([2H])c([2H])c([2H])c([2H])c4Oc4c([2H])c(-c5nc(-n6c7c([2H])c([2H])c([2H])c([2H])c7c7c([2H])c([2H])c([2H])c([2H])c76)nc(-n6c7c([2H])c([2H])c([2H])c([2H])c7c7c([2H])c([2H])c([2H])c([2H])c76)n5)c([2H])[c]2c43)c([2H])c1[2H]. The van der Waals surface area contributed by atoms with Gasteiger partial charge in [0.2, 0.25) is 0 Å². The van der Waals surface area contributed by atoms with Crippen LogP contribution in [0, 0.1) is 0 Å². The van der Waals surface area contributed by atoms with Gasteiger partial charge in [0.05, 0.1) is 0 Å². The van der Waals surface area contributed by atoms with Gasteiger partial charge in [0.25, 0.3) is 0 Å². The first-order valence-electron chi connectivity index (χ1n) is 37.2. The molecule has 5 heterocycles. The molecular formula is C57H36BGeN5O. The molecule has 302 valence electrons. The second kappa shape index (κ2) is 14.0. The maximum atomic E-state index is 11.1. The van der Waals surface area contributed by atoms with Crippen LogP contribution in [0.3, 0.4) is 0 Å². The Morgan fingerprint density at radius 1 is 0.415 bits per heavy atom. The number of nitrogens with zero attached hydrogens (tertiary/aromatic N) is 5. The van der Waals surface area contributed by atoms with E-state index in [1.165, 1.54) is 0 Å². The molecule has 0 fully saturated rings. The Morgan fingerprint density at radius 2 is 0.862 bits per heavy atom. The maximum absolute atomic E-state index is 11.1. The topological polar surface area (TPSA) is 57.8 Å². The average Bonchev–Trinajstić information content (AvgIpc) is 1.49. The molecule has 12 aromatic rings. The first-order chi connectivity index (χ1) is 47.2. The van der Waals surface area contributed by atoms with Crippen LogP contribution in [0.5, 0.6) is 11.5 Å². The summed E-state index contributed by atoms with van der Waals surface area (Å²) in [5, 5.41) is -2.49. The first-order valence-corrected chi connectivity index (χ1v) is 23.4. The van der Waals surface area contributed by atoms with Crippen molar-refractivity contribution in [3.05, 3.63) is 218 Å². The number of benzene rings is 9. The van der Waals surface area contributed by atoms with E-state index in [-0.39, 0.29) is 0 Å². The van der Waals surface area contributed by atoms with Crippen molar-refractivity contribution >= 4 is 97.6 Å². The van der Waals surface area contributed by atoms with Crippen LogP contribution in [0.25, 0.3) is 66.9 Å². The third-order valence-electron chi connectivity index (χ3n) is 11.3. The monoisotopic (exact) mass is 927 g/mol. The fourth-order valence-electron chi connectivity index (χ4n) is 8.78. The first kappa shape index (κ1) is 15.9. The molecule has 2 aliphatic heterocycles. The molecule has 0 atom stereocenters. The fourth-order valence-corrected chi connectivity index (χ4v) is 17.9. The van der Waals surface area contributed by atoms with Gasteiger partial charge in [-0.3, -0.25) is 0 Å². The number of rotatable bonds is 5. The van der Waals surface area contributed by atoms with Crippen LogP contribution in [-0.2, 0) is 0 Å². The van der Waals surface area contributed by atoms with Crippen LogP contribution in [0.15, 0.2) is 218 Å². The Bertz CT molecular complexity index is 5600. The van der Waals surface area contributed by atoms with E-state index in [0.29, 0.717) is 9.13 Å². The molecule has 0 saturated carbocycles. The Morgan fingerprint density at radius 3 is 1.40 bits per heavy atom. The van der Waals surface area contributed by atoms with Crippen LogP contribution >= 0.6 is 0 Å². The number of hydrogen-bond donors (Lipinski definition) is 0. The van der Waals surface area contributed by atoms with E-state index in [0.717, 1.165) is 0 Å². The van der Waals surface area contributed by atoms with Crippen LogP contribution < -0.4 is 38.7 Å². The Kier molecular flexibility index (Phi) is 3.43. The molecule has 0 aliphatic carbocycles. The molecule has 0 saturated heterocycles. The van der Waals surface area contributed by atoms with E-state index in [1.54, 1.807) is 0 Å². The van der Waals surface area contributed by atoms with Crippen molar-refractivity contribution in [2.75, 3.05) is 0 Å². The summed E-state index contributed by atoms with van der Waals surface area (Å²) in [7, 11) is 0. The molecule has 0 bridgehead atoms. The van der Waals surface area contributed by atoms with Crippen molar-refractivity contribution in [2.24, 2.45) is 0 Å². The van der Waals surface area contributed by atoms with Crippen LogP contribution in [0.4, 0.5) is 0 Å². The molecule has 2 aliphatic rings. The van der Waals surface area contributed by atoms with Crippen LogP contribution in [0.2, 0.25) is 0 Å². The molecule has 9 aromatic carbocycles. The second-order valence-corrected chi connectivity index (χ2v) is 21.7. The van der Waals surface area contributed by atoms with E-state index in [9.17, 15) is 32.9 Å². The Labute approximate surface area is 428 Å². The molecule has 14 rings (SSSR count). The predicted octanol–water partition coefficient (Wildman–Crippen LogP) is 8.05. The molecule has 8 heteroatoms. The minimum atomic E-state index is -7.46. The third-order valence-corrected chi connectivity index (χ3v) is 20.3. The van der Waals surface area contributed by atoms with Gasteiger partial charge in [-0.05, 0) is 0 Å². The van der Waals surface area contributed by atoms with Gasteiger partial charge in [0, 0.05) is 0 Å². The summed E-state index contributed by atoms with van der Waals surface area (Å²) >= 11 is -7.46. The molecule has 0 N–H and O–H groups in total. The quantitative estimate of drug-likeness (QED) is 0.164. The third kappa shape index (κ3) is 5.15. The van der Waals surface area contributed by atoms with Crippen LogP contribution in [-0.4, -0.2) is 44.1 Å². The van der Waals surface area contributed by atoms with E-state index in [4.69, 9.17) is 31.2 Å². The summed E-state index contributed by atoms with van der Waals surface area (Å²) in [5.41, 5.74) is -6.31. The van der Waals surface area contributed by atoms with Gasteiger partial charge in [-0.2, -0.15) is 0 Å². The Balaban J connectivity index is 1.32. The van der Waals surface area contributed by atoms with Gasteiger partial charge in [0.15, 0.2) is 0 Å². The van der Waals surface area contributed by atoms with E-state index in [2.05, 4.69) is 4.98 Å². The molecule has 0 spiro atoms. The predicted molar refractivity (Wildman–Crippen MR) is 269 cm³/mol. The van der Waals surface area contributed by atoms with Crippen molar-refractivity contribution < 1.29 is 54.1 Å². The molecule has 0 amide bonds. The van der Waals surface area contributed by atoms with Gasteiger partial charge < -0.3 is 0 Å². The van der Waals surface area contributed by atoms with E-state index < -0.39 is 350 Å². The number of ether oxygens (including phenoxy) is 1. The minimum absolute atomic E-state index is 0.622. The van der Waals surface area contributed by atoms with Crippen molar-refractivity contribution in [3.63, 3.8) is 0 Å². The summed E-state index contributed by atoms with van der Waals surface area (Å²) in [4.78, 5) is 14.1. The van der Waals surface area contributed by atoms with Gasteiger partial charge in [-0.1, -0.05) is 0 Å². The summed E-state index contributed by atoms with van der Waals surface area (Å²) in [5.74, 6) is -5.26. The van der Waals surface area contributed by atoms with Gasteiger partial charge in [-0.25, -0.2) is 0 Å². The van der Waals surface area contributed by atoms with E-state index in [1.807, 2.05) is 0 Å². The summed E-state index contributed by atoms with van der Waals surface area (Å²) in [6.07, 6.45) is 0. The van der Waals surface area contributed by atoms with Gasteiger partial charge in [-0.15, -0.1) is 0 Å². The molecule has 0 unspecified atom stereocenters. The fraction of sp³-hybridized carbons (Fsp3) is 0. The zero-order valence-corrected chi connectivity index (χ0v) is 34.3. The van der Waals surface area contributed by atoms with Crippen molar-refractivity contribution in [3.8, 4) is 34.8 Å². The van der Waals surface area contributed by atoms with Crippen LogP contribution in [0.1, 0.15) is 49.3 Å². The molecule has 3 aromatic heterocycles. The normalized spacial score (nSPS) is 21.2. The zero-order chi connectivity index (χ0) is 74.0. The van der Waals surface area contributed by atoms with E-state index >= 15 is 0 Å². The van der Waals surface area contributed by atoms with Crippen molar-refractivity contribution in [2.45, 2.75) is 0 Å². The molecule has 6 nitrogen and oxygen atoms in total. The number of para-hydroxylation sites is 5. The zero-order valence-electron chi connectivity index (χ0n) is 68.2. The number of aromatic nitrogens is 5. The summed E-state index contributed by atoms with van der Waals surface area (Å²) < 4.78 is 342. The van der Waals surface area contributed by atoms with Gasteiger partial charge >= 0.3 is 428 Å². The number of fused-ring (bicyclic) bond motifs is 10. The molecule has 65 heavy (non-hydrogen) atoms. The standard InChI is InChI=1S/C57H36BGeN5O/c1-3-19-38(20-4-1)59(39-21-5-2-6-22-39)46-29-13-11-27-44(46)58-45-28-12-18-34-52(45)65-53-36-37(35-47(59)54(53)58)55-60-56(63-48-30-14-7-23-40(48)41-24-8-15-31-49(41)63)62-57(61-55)64-50-32-16-9-25-42(50)43-26-10-17-33-51(43)64/h1-36H/i1D,2D,3D,4D,5D,6D,7D,8D,9D,10D,11D,12D,13D,14D,15D,16D,17D,18D,19D,20D,21D,22D,23D,24D,25D,26D,27D,28D,29D,30D,31D,32D,33D,34D,35D,36D. The summed E-state index contributed by atoms with van der Waals surface area (Å²) in [6.45, 7) is -2.19. The number of hydrogen-bond acceptors (Lipinski definition) is 4. The second-order valence-electron chi connectivity index (χ2n) is 14.4. The molecule has 0 radical (unpaired) electrons. The molecular weight excluding hydrogens is 854 g/mol. The van der Waals surface area contributed by atoms with Crippen molar-refractivity contribution in [1.82, 2.24) is 24.1 Å². The Hall–Kier alpha value is -8.00.